The summed E-state index contributed by atoms with van der Waals surface area (Å²) in [5.74, 6) is 0.443. The highest BCUT2D eigenvalue weighted by molar-refractivity contribution is 7.14. The monoisotopic (exact) mass is 208 g/mol. The van der Waals surface area contributed by atoms with Crippen LogP contribution in [0.25, 0.3) is 10.6 Å². The fraction of sp³-hybridized carbons (Fsp3) is 0.444. The zero-order valence-electron chi connectivity index (χ0n) is 8.43. The van der Waals surface area contributed by atoms with Gasteiger partial charge in [0.1, 0.15) is 5.01 Å². The van der Waals surface area contributed by atoms with Crippen molar-refractivity contribution in [2.24, 2.45) is 7.05 Å². The molecule has 0 aromatic carbocycles. The number of aryl methyl sites for hydroxylation is 1. The topological polar surface area (TPSA) is 43.6 Å². The predicted octanol–water partition coefficient (Wildman–Crippen LogP) is 2.06. The lowest BCUT2D eigenvalue weighted by molar-refractivity contribution is 0.768. The van der Waals surface area contributed by atoms with Crippen molar-refractivity contribution < 1.29 is 0 Å². The zero-order chi connectivity index (χ0) is 10.1. The molecule has 0 N–H and O–H groups in total. The van der Waals surface area contributed by atoms with Gasteiger partial charge in [0.2, 0.25) is 0 Å². The van der Waals surface area contributed by atoms with Gasteiger partial charge >= 0.3 is 0 Å². The van der Waals surface area contributed by atoms with Gasteiger partial charge in [-0.2, -0.15) is 5.10 Å². The Morgan fingerprint density at radius 2 is 2.14 bits per heavy atom. The molecule has 0 radical (unpaired) electrons. The second-order valence-electron chi connectivity index (χ2n) is 3.50. The lowest BCUT2D eigenvalue weighted by Crippen LogP contribution is -1.84. The maximum absolute atomic E-state index is 4.14. The van der Waals surface area contributed by atoms with Gasteiger partial charge in [-0.15, -0.1) is 10.2 Å². The van der Waals surface area contributed by atoms with Crippen LogP contribution in [0.2, 0.25) is 0 Å². The number of hydrogen-bond donors (Lipinski definition) is 0. The summed E-state index contributed by atoms with van der Waals surface area (Å²) in [6, 6.07) is 0. The summed E-state index contributed by atoms with van der Waals surface area (Å²) in [4.78, 5) is 0. The molecule has 0 spiro atoms. The second-order valence-corrected chi connectivity index (χ2v) is 4.51. The van der Waals surface area contributed by atoms with Crippen molar-refractivity contribution in [2.45, 2.75) is 19.8 Å². The Balaban J connectivity index is 2.33. The van der Waals surface area contributed by atoms with Crippen molar-refractivity contribution in [1.82, 2.24) is 20.0 Å². The number of aromatic nitrogens is 4. The van der Waals surface area contributed by atoms with Crippen LogP contribution in [0.3, 0.4) is 0 Å². The third kappa shape index (κ3) is 1.68. The normalized spacial score (nSPS) is 11.1. The lowest BCUT2D eigenvalue weighted by Gasteiger charge is -1.93. The predicted molar refractivity (Wildman–Crippen MR) is 56.2 cm³/mol. The Kier molecular flexibility index (Phi) is 2.33. The van der Waals surface area contributed by atoms with Crippen LogP contribution in [-0.2, 0) is 7.05 Å². The number of nitrogens with zero attached hydrogens (tertiary/aromatic N) is 4. The van der Waals surface area contributed by atoms with Gasteiger partial charge in [-0.05, 0) is 0 Å². The first-order valence-electron chi connectivity index (χ1n) is 4.49. The van der Waals surface area contributed by atoms with E-state index in [1.165, 1.54) is 0 Å². The molecule has 0 aliphatic carbocycles. The Morgan fingerprint density at radius 1 is 1.36 bits per heavy atom. The molecule has 0 unspecified atom stereocenters. The van der Waals surface area contributed by atoms with Crippen LogP contribution in [0.5, 0.6) is 0 Å². The van der Waals surface area contributed by atoms with Crippen LogP contribution in [0.15, 0.2) is 12.4 Å². The summed E-state index contributed by atoms with van der Waals surface area (Å²) in [6.45, 7) is 4.24. The number of hydrogen-bond acceptors (Lipinski definition) is 4. The first kappa shape index (κ1) is 9.33. The molecule has 0 aliphatic rings. The Hall–Kier alpha value is -1.23. The summed E-state index contributed by atoms with van der Waals surface area (Å²) >= 11 is 1.63. The maximum atomic E-state index is 4.14. The summed E-state index contributed by atoms with van der Waals surface area (Å²) in [5.41, 5.74) is 1.04. The molecule has 2 aromatic rings. The molecule has 74 valence electrons. The zero-order valence-corrected chi connectivity index (χ0v) is 9.25. The van der Waals surface area contributed by atoms with E-state index in [9.17, 15) is 0 Å². The van der Waals surface area contributed by atoms with E-state index in [1.54, 1.807) is 16.0 Å². The molecule has 5 heteroatoms. The lowest BCUT2D eigenvalue weighted by atomic mass is 10.2. The van der Waals surface area contributed by atoms with Crippen molar-refractivity contribution in [3.8, 4) is 10.6 Å². The fourth-order valence-electron chi connectivity index (χ4n) is 1.12. The SMILES string of the molecule is CC(C)c1nnc(-c2cnn(C)c2)s1. The Labute approximate surface area is 86.6 Å². The first-order chi connectivity index (χ1) is 6.66. The molecule has 0 fully saturated rings. The highest BCUT2D eigenvalue weighted by Crippen LogP contribution is 2.26. The van der Waals surface area contributed by atoms with E-state index in [0.29, 0.717) is 5.92 Å². The van der Waals surface area contributed by atoms with E-state index in [-0.39, 0.29) is 0 Å². The summed E-state index contributed by atoms with van der Waals surface area (Å²) in [5, 5.41) is 14.4. The Morgan fingerprint density at radius 3 is 2.64 bits per heavy atom. The minimum absolute atomic E-state index is 0.443. The third-order valence-corrected chi connectivity index (χ3v) is 3.16. The average Bonchev–Trinajstić information content (AvgIpc) is 2.70. The maximum Gasteiger partial charge on any atom is 0.150 e. The van der Waals surface area contributed by atoms with Crippen LogP contribution in [0.1, 0.15) is 24.8 Å². The molecular formula is C9H12N4S. The van der Waals surface area contributed by atoms with E-state index in [2.05, 4.69) is 29.1 Å². The van der Waals surface area contributed by atoms with Gasteiger partial charge in [0, 0.05) is 19.2 Å². The van der Waals surface area contributed by atoms with Crippen molar-refractivity contribution in [3.05, 3.63) is 17.4 Å². The molecule has 0 bridgehead atoms. The van der Waals surface area contributed by atoms with E-state index in [0.717, 1.165) is 15.6 Å². The molecular weight excluding hydrogens is 196 g/mol. The van der Waals surface area contributed by atoms with E-state index in [4.69, 9.17) is 0 Å². The summed E-state index contributed by atoms with van der Waals surface area (Å²) < 4.78 is 1.77. The van der Waals surface area contributed by atoms with Crippen molar-refractivity contribution in [1.29, 1.82) is 0 Å². The molecule has 0 aliphatic heterocycles. The van der Waals surface area contributed by atoms with Gasteiger partial charge in [-0.3, -0.25) is 4.68 Å². The van der Waals surface area contributed by atoms with Gasteiger partial charge in [0.15, 0.2) is 5.01 Å². The largest absolute Gasteiger partial charge is 0.275 e. The van der Waals surface area contributed by atoms with Crippen LogP contribution in [0.4, 0.5) is 0 Å². The molecule has 0 amide bonds. The van der Waals surface area contributed by atoms with Gasteiger partial charge < -0.3 is 0 Å². The second kappa shape index (κ2) is 3.49. The molecule has 2 heterocycles. The smallest absolute Gasteiger partial charge is 0.150 e. The minimum Gasteiger partial charge on any atom is -0.275 e. The van der Waals surface area contributed by atoms with Crippen molar-refractivity contribution >= 4 is 11.3 Å². The Bertz CT molecular complexity index is 429. The standard InChI is InChI=1S/C9H12N4S/c1-6(2)8-11-12-9(14-8)7-4-10-13(3)5-7/h4-6H,1-3H3. The quantitative estimate of drug-likeness (QED) is 0.758. The highest BCUT2D eigenvalue weighted by Gasteiger charge is 2.10. The average molecular weight is 208 g/mol. The molecule has 0 saturated carbocycles. The van der Waals surface area contributed by atoms with Crippen LogP contribution in [0, 0.1) is 0 Å². The number of rotatable bonds is 2. The van der Waals surface area contributed by atoms with Gasteiger partial charge in [0.25, 0.3) is 0 Å². The molecule has 14 heavy (non-hydrogen) atoms. The van der Waals surface area contributed by atoms with Crippen molar-refractivity contribution in [2.75, 3.05) is 0 Å². The van der Waals surface area contributed by atoms with Gasteiger partial charge in [-0.1, -0.05) is 25.2 Å². The molecule has 0 saturated heterocycles. The molecule has 4 nitrogen and oxygen atoms in total. The fourth-order valence-corrected chi connectivity index (χ4v) is 1.94. The van der Waals surface area contributed by atoms with Crippen LogP contribution in [-0.4, -0.2) is 20.0 Å². The summed E-state index contributed by atoms with van der Waals surface area (Å²) in [7, 11) is 1.90. The van der Waals surface area contributed by atoms with Crippen molar-refractivity contribution in [3.63, 3.8) is 0 Å². The van der Waals surface area contributed by atoms with Gasteiger partial charge in [-0.25, -0.2) is 0 Å². The third-order valence-electron chi connectivity index (χ3n) is 1.89. The van der Waals surface area contributed by atoms with E-state index < -0.39 is 0 Å². The molecule has 2 rings (SSSR count). The van der Waals surface area contributed by atoms with Crippen LogP contribution >= 0.6 is 11.3 Å². The van der Waals surface area contributed by atoms with Crippen LogP contribution < -0.4 is 0 Å². The first-order valence-corrected chi connectivity index (χ1v) is 5.31. The van der Waals surface area contributed by atoms with E-state index in [1.807, 2.05) is 19.4 Å². The van der Waals surface area contributed by atoms with Gasteiger partial charge in [0.05, 0.1) is 11.8 Å². The summed E-state index contributed by atoms with van der Waals surface area (Å²) in [6.07, 6.45) is 3.76. The highest BCUT2D eigenvalue weighted by atomic mass is 32.1. The minimum atomic E-state index is 0.443. The molecule has 0 atom stereocenters. The molecule has 2 aromatic heterocycles. The van der Waals surface area contributed by atoms with E-state index >= 15 is 0 Å².